The summed E-state index contributed by atoms with van der Waals surface area (Å²) in [6.07, 6.45) is 7.80. The van der Waals surface area contributed by atoms with E-state index in [1.165, 1.54) is 5.56 Å². The average Bonchev–Trinajstić information content (AvgIpc) is 3.18. The van der Waals surface area contributed by atoms with Gasteiger partial charge in [0.25, 0.3) is 0 Å². The summed E-state index contributed by atoms with van der Waals surface area (Å²) >= 11 is 0. The molecule has 2 atom stereocenters. The molecule has 3 heterocycles. The second kappa shape index (κ2) is 6.41. The van der Waals surface area contributed by atoms with E-state index in [2.05, 4.69) is 33.1 Å². The third-order valence-corrected chi connectivity index (χ3v) is 4.13. The molecule has 6 nitrogen and oxygen atoms in total. The number of rotatable bonds is 6. The summed E-state index contributed by atoms with van der Waals surface area (Å²) in [5.41, 5.74) is 1.31. The van der Waals surface area contributed by atoms with Crippen molar-refractivity contribution in [2.45, 2.75) is 19.4 Å². The highest BCUT2D eigenvalue weighted by molar-refractivity contribution is 5.16. The first kappa shape index (κ1) is 14.3. The van der Waals surface area contributed by atoms with Crippen LogP contribution in [0.3, 0.4) is 0 Å². The van der Waals surface area contributed by atoms with Crippen molar-refractivity contribution in [1.82, 2.24) is 24.6 Å². The topological polar surface area (TPSA) is 59.0 Å². The molecule has 1 aliphatic heterocycles. The van der Waals surface area contributed by atoms with Gasteiger partial charge in [0.1, 0.15) is 5.82 Å². The number of aromatic amines is 1. The largest absolute Gasteiger partial charge is 0.381 e. The predicted molar refractivity (Wildman–Crippen MR) is 79.8 cm³/mol. The molecule has 0 unspecified atom stereocenters. The van der Waals surface area contributed by atoms with Gasteiger partial charge in [-0.1, -0.05) is 0 Å². The molecule has 2 aromatic heterocycles. The first-order valence-electron chi connectivity index (χ1n) is 7.53. The molecular formula is C15H23N5O. The molecule has 0 aliphatic carbocycles. The van der Waals surface area contributed by atoms with Crippen LogP contribution in [0.5, 0.6) is 0 Å². The summed E-state index contributed by atoms with van der Waals surface area (Å²) in [4.78, 5) is 9.95. The minimum atomic E-state index is 0.486. The molecule has 6 heteroatoms. The second-order valence-corrected chi connectivity index (χ2v) is 5.70. The summed E-state index contributed by atoms with van der Waals surface area (Å²) in [7, 11) is 1.97. The lowest BCUT2D eigenvalue weighted by atomic mass is 9.92. The van der Waals surface area contributed by atoms with Crippen molar-refractivity contribution in [2.24, 2.45) is 13.0 Å². The maximum atomic E-state index is 5.68. The van der Waals surface area contributed by atoms with Crippen LogP contribution in [0.2, 0.25) is 0 Å². The molecule has 0 radical (unpaired) electrons. The summed E-state index contributed by atoms with van der Waals surface area (Å²) in [6, 6.07) is 0. The van der Waals surface area contributed by atoms with Gasteiger partial charge in [0, 0.05) is 57.2 Å². The number of H-pyrrole nitrogens is 1. The maximum absolute atomic E-state index is 5.68. The fraction of sp³-hybridized carbons (Fsp3) is 0.600. The van der Waals surface area contributed by atoms with Crippen molar-refractivity contribution < 1.29 is 4.74 Å². The van der Waals surface area contributed by atoms with Crippen molar-refractivity contribution in [2.75, 3.05) is 26.3 Å². The van der Waals surface area contributed by atoms with Gasteiger partial charge in [-0.05, 0) is 12.5 Å². The van der Waals surface area contributed by atoms with E-state index in [4.69, 9.17) is 4.74 Å². The van der Waals surface area contributed by atoms with Crippen LogP contribution in [0.15, 0.2) is 24.8 Å². The lowest BCUT2D eigenvalue weighted by Crippen LogP contribution is -2.22. The molecule has 0 bridgehead atoms. The molecular weight excluding hydrogens is 266 g/mol. The number of imidazole rings is 1. The first-order chi connectivity index (χ1) is 10.3. The second-order valence-electron chi connectivity index (χ2n) is 5.70. The van der Waals surface area contributed by atoms with Crippen LogP contribution < -0.4 is 0 Å². The van der Waals surface area contributed by atoms with E-state index in [9.17, 15) is 0 Å². The molecule has 2 aromatic rings. The Labute approximate surface area is 125 Å². The Morgan fingerprint density at radius 3 is 3.00 bits per heavy atom. The summed E-state index contributed by atoms with van der Waals surface area (Å²) in [6.45, 7) is 6.57. The van der Waals surface area contributed by atoms with Gasteiger partial charge in [-0.2, -0.15) is 5.10 Å². The zero-order chi connectivity index (χ0) is 14.7. The molecule has 21 heavy (non-hydrogen) atoms. The van der Waals surface area contributed by atoms with Crippen LogP contribution in [-0.4, -0.2) is 51.0 Å². The molecule has 1 fully saturated rings. The van der Waals surface area contributed by atoms with Gasteiger partial charge >= 0.3 is 0 Å². The van der Waals surface area contributed by atoms with E-state index in [1.54, 1.807) is 0 Å². The Hall–Kier alpha value is -1.66. The van der Waals surface area contributed by atoms with Crippen LogP contribution in [0.1, 0.15) is 24.2 Å². The van der Waals surface area contributed by atoms with E-state index >= 15 is 0 Å². The molecule has 1 saturated heterocycles. The Morgan fingerprint density at radius 1 is 1.43 bits per heavy atom. The number of nitrogens with one attached hydrogen (secondary N) is 1. The SMILES string of the molecule is CCOC[C@@H]1CN(Cc2ncc[nH]2)C[C@H]1c1cnn(C)c1. The molecule has 3 rings (SSSR count). The number of likely N-dealkylation sites (tertiary alicyclic amines) is 1. The molecule has 1 N–H and O–H groups in total. The number of aryl methyl sites for hydroxylation is 1. The molecule has 114 valence electrons. The van der Waals surface area contributed by atoms with E-state index < -0.39 is 0 Å². The minimum Gasteiger partial charge on any atom is -0.381 e. The van der Waals surface area contributed by atoms with E-state index in [0.717, 1.165) is 38.7 Å². The highest BCUT2D eigenvalue weighted by Crippen LogP contribution is 2.33. The zero-order valence-electron chi connectivity index (χ0n) is 12.7. The monoisotopic (exact) mass is 289 g/mol. The van der Waals surface area contributed by atoms with Gasteiger partial charge in [-0.25, -0.2) is 4.98 Å². The van der Waals surface area contributed by atoms with Crippen molar-refractivity contribution in [3.05, 3.63) is 36.2 Å². The molecule has 0 aromatic carbocycles. The maximum Gasteiger partial charge on any atom is 0.120 e. The normalized spacial score (nSPS) is 23.0. The lowest BCUT2D eigenvalue weighted by Gasteiger charge is -2.16. The van der Waals surface area contributed by atoms with Crippen LogP contribution >= 0.6 is 0 Å². The molecule has 0 spiro atoms. The van der Waals surface area contributed by atoms with Gasteiger partial charge in [0.15, 0.2) is 0 Å². The zero-order valence-corrected chi connectivity index (χ0v) is 12.7. The highest BCUT2D eigenvalue weighted by atomic mass is 16.5. The van der Waals surface area contributed by atoms with E-state index in [0.29, 0.717) is 11.8 Å². The number of nitrogens with zero attached hydrogens (tertiary/aromatic N) is 4. The van der Waals surface area contributed by atoms with E-state index in [-0.39, 0.29) is 0 Å². The Balaban J connectivity index is 1.70. The Morgan fingerprint density at radius 2 is 2.33 bits per heavy atom. The average molecular weight is 289 g/mol. The summed E-state index contributed by atoms with van der Waals surface area (Å²) < 4.78 is 7.56. The summed E-state index contributed by atoms with van der Waals surface area (Å²) in [5, 5.41) is 4.32. The smallest absolute Gasteiger partial charge is 0.120 e. The third-order valence-electron chi connectivity index (χ3n) is 4.13. The number of hydrogen-bond acceptors (Lipinski definition) is 4. The standard InChI is InChI=1S/C15H23N5O/c1-3-21-11-13-8-20(10-15-16-4-5-17-15)9-14(13)12-6-18-19(2)7-12/h4-7,13-14H,3,8-11H2,1-2H3,(H,16,17)/t13-,14-/m0/s1. The van der Waals surface area contributed by atoms with Crippen molar-refractivity contribution in [1.29, 1.82) is 0 Å². The Kier molecular flexibility index (Phi) is 4.36. The van der Waals surface area contributed by atoms with Crippen LogP contribution in [0, 0.1) is 5.92 Å². The van der Waals surface area contributed by atoms with Gasteiger partial charge in [-0.15, -0.1) is 0 Å². The van der Waals surface area contributed by atoms with Gasteiger partial charge in [-0.3, -0.25) is 9.58 Å². The van der Waals surface area contributed by atoms with Crippen molar-refractivity contribution >= 4 is 0 Å². The predicted octanol–water partition coefficient (Wildman–Crippen LogP) is 1.40. The number of aromatic nitrogens is 4. The first-order valence-corrected chi connectivity index (χ1v) is 7.53. The number of ether oxygens (including phenoxy) is 1. The fourth-order valence-corrected chi connectivity index (χ4v) is 3.13. The van der Waals surface area contributed by atoms with Crippen LogP contribution in [0.4, 0.5) is 0 Å². The molecule has 0 amide bonds. The molecule has 1 aliphatic rings. The van der Waals surface area contributed by atoms with E-state index in [1.807, 2.05) is 30.3 Å². The van der Waals surface area contributed by atoms with Crippen LogP contribution in [0.25, 0.3) is 0 Å². The van der Waals surface area contributed by atoms with Crippen LogP contribution in [-0.2, 0) is 18.3 Å². The molecule has 0 saturated carbocycles. The number of hydrogen-bond donors (Lipinski definition) is 1. The van der Waals surface area contributed by atoms with Gasteiger partial charge in [0.05, 0.1) is 19.3 Å². The highest BCUT2D eigenvalue weighted by Gasteiger charge is 2.34. The minimum absolute atomic E-state index is 0.486. The van der Waals surface area contributed by atoms with Crippen molar-refractivity contribution in [3.8, 4) is 0 Å². The summed E-state index contributed by atoms with van der Waals surface area (Å²) in [5.74, 6) is 2.03. The van der Waals surface area contributed by atoms with Crippen molar-refractivity contribution in [3.63, 3.8) is 0 Å². The van der Waals surface area contributed by atoms with Gasteiger partial charge in [0.2, 0.25) is 0 Å². The Bertz CT molecular complexity index is 550. The van der Waals surface area contributed by atoms with Gasteiger partial charge < -0.3 is 9.72 Å². The lowest BCUT2D eigenvalue weighted by molar-refractivity contribution is 0.107. The third kappa shape index (κ3) is 3.33. The fourth-order valence-electron chi connectivity index (χ4n) is 3.13. The quantitative estimate of drug-likeness (QED) is 0.873.